The fourth-order valence-electron chi connectivity index (χ4n) is 3.51. The van der Waals surface area contributed by atoms with E-state index < -0.39 is 0 Å². The van der Waals surface area contributed by atoms with Gasteiger partial charge in [-0.25, -0.2) is 0 Å². The summed E-state index contributed by atoms with van der Waals surface area (Å²) in [6.45, 7) is 5.89. The summed E-state index contributed by atoms with van der Waals surface area (Å²) >= 11 is 0. The van der Waals surface area contributed by atoms with Gasteiger partial charge in [0.15, 0.2) is 0 Å². The lowest BCUT2D eigenvalue weighted by Gasteiger charge is -2.39. The minimum atomic E-state index is -0.311. The molecule has 0 aromatic heterocycles. The molecule has 5 nitrogen and oxygen atoms in total. The van der Waals surface area contributed by atoms with Crippen molar-refractivity contribution in [2.24, 2.45) is 5.92 Å². The van der Waals surface area contributed by atoms with Crippen LogP contribution in [-0.2, 0) is 9.53 Å². The molecule has 0 spiro atoms. The fraction of sp³-hybridized carbons (Fsp3) is 0.938. The first-order chi connectivity index (χ1) is 10.1. The normalized spacial score (nSPS) is 32.4. The number of aliphatic hydroxyl groups excluding tert-OH is 1. The summed E-state index contributed by atoms with van der Waals surface area (Å²) in [5.41, 5.74) is 0. The average Bonchev–Trinajstić information content (AvgIpc) is 3.24. The van der Waals surface area contributed by atoms with E-state index in [1.807, 2.05) is 11.8 Å². The topological polar surface area (TPSA) is 53.0 Å². The first-order valence-corrected chi connectivity index (χ1v) is 8.47. The van der Waals surface area contributed by atoms with Crippen molar-refractivity contribution < 1.29 is 14.6 Å². The summed E-state index contributed by atoms with van der Waals surface area (Å²) in [7, 11) is 0. The maximum Gasteiger partial charge on any atom is 0.251 e. The molecule has 21 heavy (non-hydrogen) atoms. The van der Waals surface area contributed by atoms with Gasteiger partial charge >= 0.3 is 0 Å². The lowest BCUT2D eigenvalue weighted by atomic mass is 10.1. The van der Waals surface area contributed by atoms with Crippen molar-refractivity contribution in [1.82, 2.24) is 9.80 Å². The van der Waals surface area contributed by atoms with Crippen LogP contribution in [0.4, 0.5) is 0 Å². The molecule has 1 aliphatic heterocycles. The number of piperazine rings is 1. The molecule has 5 heteroatoms. The van der Waals surface area contributed by atoms with E-state index in [0.29, 0.717) is 12.0 Å². The van der Waals surface area contributed by atoms with Gasteiger partial charge in [-0.05, 0) is 44.9 Å². The summed E-state index contributed by atoms with van der Waals surface area (Å²) in [5.74, 6) is 0.822. The summed E-state index contributed by atoms with van der Waals surface area (Å²) in [6.07, 6.45) is 5.16. The van der Waals surface area contributed by atoms with Crippen LogP contribution >= 0.6 is 0 Å². The third-order valence-corrected chi connectivity index (χ3v) is 5.17. The molecule has 2 saturated carbocycles. The van der Waals surface area contributed by atoms with Gasteiger partial charge in [-0.15, -0.1) is 0 Å². The molecule has 3 rings (SSSR count). The molecule has 0 radical (unpaired) electrons. The second-order valence-electron chi connectivity index (χ2n) is 6.85. The number of hydrogen-bond donors (Lipinski definition) is 1. The number of amides is 1. The van der Waals surface area contributed by atoms with Crippen LogP contribution in [-0.4, -0.2) is 71.8 Å². The molecule has 0 aromatic rings. The van der Waals surface area contributed by atoms with Gasteiger partial charge in [0.25, 0.3) is 5.91 Å². The van der Waals surface area contributed by atoms with Crippen molar-refractivity contribution in [2.75, 3.05) is 32.8 Å². The van der Waals surface area contributed by atoms with Gasteiger partial charge in [0.2, 0.25) is 0 Å². The van der Waals surface area contributed by atoms with Crippen LogP contribution in [0, 0.1) is 5.92 Å². The van der Waals surface area contributed by atoms with Crippen LogP contribution in [0.3, 0.4) is 0 Å². The number of ether oxygens (including phenoxy) is 1. The Labute approximate surface area is 127 Å². The minimum Gasteiger partial charge on any atom is -0.391 e. The maximum absolute atomic E-state index is 12.4. The Morgan fingerprint density at radius 3 is 2.48 bits per heavy atom. The van der Waals surface area contributed by atoms with Crippen molar-refractivity contribution in [3.05, 3.63) is 0 Å². The van der Waals surface area contributed by atoms with E-state index in [1.165, 1.54) is 12.8 Å². The van der Waals surface area contributed by atoms with Gasteiger partial charge in [-0.1, -0.05) is 0 Å². The zero-order chi connectivity index (χ0) is 14.8. The lowest BCUT2D eigenvalue weighted by molar-refractivity contribution is -0.145. The molecular formula is C16H28N2O3. The van der Waals surface area contributed by atoms with Gasteiger partial charge in [0.1, 0.15) is 6.10 Å². The molecule has 3 fully saturated rings. The zero-order valence-electron chi connectivity index (χ0n) is 13.0. The van der Waals surface area contributed by atoms with E-state index in [9.17, 15) is 9.90 Å². The highest BCUT2D eigenvalue weighted by Gasteiger charge is 2.34. The van der Waals surface area contributed by atoms with Gasteiger partial charge < -0.3 is 14.7 Å². The third-order valence-electron chi connectivity index (χ3n) is 5.17. The van der Waals surface area contributed by atoms with Crippen LogP contribution in [0.2, 0.25) is 0 Å². The molecule has 1 amide bonds. The zero-order valence-corrected chi connectivity index (χ0v) is 13.0. The standard InChI is InChI=1S/C16H28N2O3/c1-12(21-11-13-5-6-13)16(20)18-9-7-17(8-10-18)14-3-2-4-15(14)19/h12-15,19H,2-11H2,1H3/t12-,14+,15-/m0/s1. The van der Waals surface area contributed by atoms with Gasteiger partial charge in [0, 0.05) is 32.2 Å². The summed E-state index contributed by atoms with van der Waals surface area (Å²) in [6, 6.07) is 0.311. The third kappa shape index (κ3) is 3.76. The molecule has 0 bridgehead atoms. The van der Waals surface area contributed by atoms with E-state index >= 15 is 0 Å². The van der Waals surface area contributed by atoms with E-state index in [4.69, 9.17) is 4.74 Å². The largest absolute Gasteiger partial charge is 0.391 e. The molecule has 1 N–H and O–H groups in total. The van der Waals surface area contributed by atoms with E-state index in [1.54, 1.807) is 0 Å². The molecule has 0 aromatic carbocycles. The molecule has 3 aliphatic rings. The number of carbonyl (C=O) groups is 1. The van der Waals surface area contributed by atoms with Crippen molar-refractivity contribution in [3.63, 3.8) is 0 Å². The Kier molecular flexibility index (Phi) is 4.82. The summed E-state index contributed by atoms with van der Waals surface area (Å²) in [5, 5.41) is 9.99. The predicted molar refractivity (Wildman–Crippen MR) is 79.9 cm³/mol. The molecule has 3 atom stereocenters. The summed E-state index contributed by atoms with van der Waals surface area (Å²) < 4.78 is 5.68. The molecule has 1 saturated heterocycles. The van der Waals surface area contributed by atoms with Crippen molar-refractivity contribution in [3.8, 4) is 0 Å². The van der Waals surface area contributed by atoms with Crippen LogP contribution in [0.1, 0.15) is 39.0 Å². The smallest absolute Gasteiger partial charge is 0.251 e. The Morgan fingerprint density at radius 1 is 1.19 bits per heavy atom. The first kappa shape index (κ1) is 15.3. The Morgan fingerprint density at radius 2 is 1.90 bits per heavy atom. The quantitative estimate of drug-likeness (QED) is 0.817. The predicted octanol–water partition coefficient (Wildman–Crippen LogP) is 0.859. The number of aliphatic hydroxyl groups is 1. The highest BCUT2D eigenvalue weighted by molar-refractivity contribution is 5.80. The Bertz CT molecular complexity index is 365. The van der Waals surface area contributed by atoms with Gasteiger partial charge in [0.05, 0.1) is 12.7 Å². The number of nitrogens with zero attached hydrogens (tertiary/aromatic N) is 2. The molecular weight excluding hydrogens is 268 g/mol. The van der Waals surface area contributed by atoms with Crippen molar-refractivity contribution in [2.45, 2.75) is 57.3 Å². The molecule has 0 unspecified atom stereocenters. The van der Waals surface area contributed by atoms with Crippen molar-refractivity contribution >= 4 is 5.91 Å². The van der Waals surface area contributed by atoms with Crippen LogP contribution < -0.4 is 0 Å². The number of carbonyl (C=O) groups excluding carboxylic acids is 1. The maximum atomic E-state index is 12.4. The minimum absolute atomic E-state index is 0.127. The monoisotopic (exact) mass is 296 g/mol. The Balaban J connectivity index is 1.42. The van der Waals surface area contributed by atoms with E-state index in [-0.39, 0.29) is 18.1 Å². The van der Waals surface area contributed by atoms with Crippen LogP contribution in [0.5, 0.6) is 0 Å². The van der Waals surface area contributed by atoms with Crippen LogP contribution in [0.25, 0.3) is 0 Å². The average molecular weight is 296 g/mol. The summed E-state index contributed by atoms with van der Waals surface area (Å²) in [4.78, 5) is 16.6. The van der Waals surface area contributed by atoms with Gasteiger partial charge in [-0.3, -0.25) is 9.69 Å². The lowest BCUT2D eigenvalue weighted by Crippen LogP contribution is -2.55. The number of hydrogen-bond acceptors (Lipinski definition) is 4. The fourth-order valence-corrected chi connectivity index (χ4v) is 3.51. The van der Waals surface area contributed by atoms with E-state index in [2.05, 4.69) is 4.90 Å². The second-order valence-corrected chi connectivity index (χ2v) is 6.85. The Hall–Kier alpha value is -0.650. The highest BCUT2D eigenvalue weighted by Crippen LogP contribution is 2.29. The van der Waals surface area contributed by atoms with Crippen molar-refractivity contribution in [1.29, 1.82) is 0 Å². The molecule has 2 aliphatic carbocycles. The van der Waals surface area contributed by atoms with Gasteiger partial charge in [-0.2, -0.15) is 0 Å². The first-order valence-electron chi connectivity index (χ1n) is 8.47. The highest BCUT2D eigenvalue weighted by atomic mass is 16.5. The van der Waals surface area contributed by atoms with Crippen LogP contribution in [0.15, 0.2) is 0 Å². The SMILES string of the molecule is C[C@H](OCC1CC1)C(=O)N1CCN([C@@H]2CCC[C@@H]2O)CC1. The second kappa shape index (κ2) is 6.63. The van der Waals surface area contributed by atoms with E-state index in [0.717, 1.165) is 52.0 Å². The molecule has 120 valence electrons. The molecule has 1 heterocycles. The number of rotatable bonds is 5.